The minimum Gasteiger partial charge on any atom is -0.417 e. The molecule has 0 saturated carbocycles. The lowest BCUT2D eigenvalue weighted by molar-refractivity contribution is -0.385. The summed E-state index contributed by atoms with van der Waals surface area (Å²) in [4.78, 5) is 18.3. The van der Waals surface area contributed by atoms with Crippen LogP contribution in [0.15, 0.2) is 30.6 Å². The zero-order valence-corrected chi connectivity index (χ0v) is 10.8. The van der Waals surface area contributed by atoms with Gasteiger partial charge in [0, 0.05) is 24.0 Å². The summed E-state index contributed by atoms with van der Waals surface area (Å²) in [6.07, 6.45) is 3.02. The highest BCUT2D eigenvalue weighted by Gasteiger charge is 2.16. The summed E-state index contributed by atoms with van der Waals surface area (Å²) in [6, 6.07) is 4.71. The van der Waals surface area contributed by atoms with Crippen molar-refractivity contribution in [2.45, 2.75) is 12.8 Å². The lowest BCUT2D eigenvalue weighted by Crippen LogP contribution is -1.97. The number of halogens is 1. The first-order valence-corrected chi connectivity index (χ1v) is 5.93. The van der Waals surface area contributed by atoms with Gasteiger partial charge in [0.2, 0.25) is 5.75 Å². The molecule has 6 nitrogen and oxygen atoms in total. The second-order valence-electron chi connectivity index (χ2n) is 3.84. The van der Waals surface area contributed by atoms with Crippen molar-refractivity contribution in [1.29, 1.82) is 0 Å². The average molecular weight is 280 g/mol. The highest BCUT2D eigenvalue weighted by atomic mass is 35.5. The maximum absolute atomic E-state index is 10.9. The molecule has 2 rings (SSSR count). The van der Waals surface area contributed by atoms with Crippen LogP contribution in [0, 0.1) is 17.0 Å². The Morgan fingerprint density at radius 1 is 1.37 bits per heavy atom. The average Bonchev–Trinajstić information content (AvgIpc) is 2.41. The number of hydrogen-bond donors (Lipinski definition) is 0. The van der Waals surface area contributed by atoms with Gasteiger partial charge in [-0.3, -0.25) is 10.1 Å². The quantitative estimate of drug-likeness (QED) is 0.488. The van der Waals surface area contributed by atoms with E-state index in [0.717, 1.165) is 11.1 Å². The second-order valence-corrected chi connectivity index (χ2v) is 4.11. The summed E-state index contributed by atoms with van der Waals surface area (Å²) >= 11 is 5.61. The van der Waals surface area contributed by atoms with Gasteiger partial charge in [-0.15, -0.1) is 11.6 Å². The number of rotatable bonds is 4. The van der Waals surface area contributed by atoms with Gasteiger partial charge >= 0.3 is 11.7 Å². The molecule has 1 aromatic heterocycles. The maximum Gasteiger partial charge on any atom is 0.322 e. The highest BCUT2D eigenvalue weighted by Crippen LogP contribution is 2.30. The molecule has 0 aliphatic carbocycles. The van der Waals surface area contributed by atoms with Crippen molar-refractivity contribution in [2.24, 2.45) is 0 Å². The van der Waals surface area contributed by atoms with E-state index in [0.29, 0.717) is 5.88 Å². The first-order valence-electron chi connectivity index (χ1n) is 5.40. The molecular formula is C12H10ClN3O3. The van der Waals surface area contributed by atoms with Crippen LogP contribution >= 0.6 is 11.6 Å². The summed E-state index contributed by atoms with van der Waals surface area (Å²) < 4.78 is 5.32. The Labute approximate surface area is 114 Å². The Kier molecular flexibility index (Phi) is 3.91. The molecule has 19 heavy (non-hydrogen) atoms. The van der Waals surface area contributed by atoms with E-state index in [2.05, 4.69) is 9.97 Å². The van der Waals surface area contributed by atoms with Gasteiger partial charge in [0.25, 0.3) is 0 Å². The molecule has 0 amide bonds. The molecule has 0 fully saturated rings. The number of aryl methyl sites for hydroxylation is 1. The van der Waals surface area contributed by atoms with Gasteiger partial charge in [0.15, 0.2) is 0 Å². The fourth-order valence-electron chi connectivity index (χ4n) is 1.42. The predicted octanol–water partition coefficient (Wildman–Crippen LogP) is 3.22. The molecule has 0 bridgehead atoms. The molecule has 0 aliphatic rings. The molecule has 0 unspecified atom stereocenters. The molecule has 98 valence electrons. The van der Waals surface area contributed by atoms with E-state index in [1.54, 1.807) is 13.0 Å². The van der Waals surface area contributed by atoms with Crippen molar-refractivity contribution in [3.8, 4) is 11.8 Å². The maximum atomic E-state index is 10.9. The topological polar surface area (TPSA) is 78.2 Å². The van der Waals surface area contributed by atoms with E-state index < -0.39 is 4.92 Å². The van der Waals surface area contributed by atoms with Crippen LogP contribution in [-0.2, 0) is 5.88 Å². The largest absolute Gasteiger partial charge is 0.417 e. The minimum absolute atomic E-state index is 0.0424. The number of alkyl halides is 1. The first kappa shape index (κ1) is 13.2. The number of nitro groups is 1. The Morgan fingerprint density at radius 3 is 2.63 bits per heavy atom. The van der Waals surface area contributed by atoms with Crippen LogP contribution < -0.4 is 4.74 Å². The van der Waals surface area contributed by atoms with Crippen LogP contribution in [0.5, 0.6) is 11.8 Å². The van der Waals surface area contributed by atoms with Gasteiger partial charge in [0.1, 0.15) is 0 Å². The van der Waals surface area contributed by atoms with Gasteiger partial charge in [-0.05, 0) is 18.6 Å². The predicted molar refractivity (Wildman–Crippen MR) is 69.5 cm³/mol. The third kappa shape index (κ3) is 3.17. The van der Waals surface area contributed by atoms with Crippen molar-refractivity contribution in [2.75, 3.05) is 0 Å². The molecule has 7 heteroatoms. The van der Waals surface area contributed by atoms with E-state index in [4.69, 9.17) is 16.3 Å². The Bertz CT molecular complexity index is 602. The van der Waals surface area contributed by atoms with Crippen molar-refractivity contribution in [3.05, 3.63) is 51.8 Å². The molecule has 1 aromatic carbocycles. The number of benzene rings is 1. The molecule has 2 aromatic rings. The second kappa shape index (κ2) is 5.62. The van der Waals surface area contributed by atoms with Gasteiger partial charge < -0.3 is 4.74 Å². The summed E-state index contributed by atoms with van der Waals surface area (Å²) in [7, 11) is 0. The molecule has 0 atom stereocenters. The number of ether oxygens (including phenoxy) is 1. The van der Waals surface area contributed by atoms with Crippen LogP contribution in [0.1, 0.15) is 11.1 Å². The van der Waals surface area contributed by atoms with E-state index in [1.807, 2.05) is 0 Å². The van der Waals surface area contributed by atoms with E-state index in [9.17, 15) is 10.1 Å². The molecule has 1 heterocycles. The fraction of sp³-hybridized carbons (Fsp3) is 0.167. The van der Waals surface area contributed by atoms with Crippen molar-refractivity contribution >= 4 is 17.3 Å². The summed E-state index contributed by atoms with van der Waals surface area (Å²) in [5.41, 5.74) is 1.40. The third-order valence-corrected chi connectivity index (χ3v) is 2.66. The molecular weight excluding hydrogens is 270 g/mol. The molecule has 0 spiro atoms. The third-order valence-electron chi connectivity index (χ3n) is 2.35. The van der Waals surface area contributed by atoms with Crippen molar-refractivity contribution in [1.82, 2.24) is 9.97 Å². The zero-order chi connectivity index (χ0) is 13.8. The van der Waals surface area contributed by atoms with Crippen LogP contribution in [0.3, 0.4) is 0 Å². The van der Waals surface area contributed by atoms with Gasteiger partial charge in [-0.1, -0.05) is 6.07 Å². The summed E-state index contributed by atoms with van der Waals surface area (Å²) in [6.45, 7) is 1.77. The number of aromatic nitrogens is 2. The Balaban J connectivity index is 2.29. The van der Waals surface area contributed by atoms with Crippen molar-refractivity contribution in [3.63, 3.8) is 0 Å². The highest BCUT2D eigenvalue weighted by molar-refractivity contribution is 6.17. The van der Waals surface area contributed by atoms with E-state index in [-0.39, 0.29) is 17.4 Å². The molecule has 0 N–H and O–H groups in total. The smallest absolute Gasteiger partial charge is 0.322 e. The monoisotopic (exact) mass is 279 g/mol. The molecule has 0 radical (unpaired) electrons. The van der Waals surface area contributed by atoms with Gasteiger partial charge in [0.05, 0.1) is 10.8 Å². The van der Waals surface area contributed by atoms with Crippen LogP contribution in [0.25, 0.3) is 0 Å². The standard InChI is InChI=1S/C12H10ClN3O3/c1-8-2-3-11(10(4-8)16(17)18)19-12-14-6-9(5-13)7-15-12/h2-4,6-7H,5H2,1H3. The Hall–Kier alpha value is -2.21. The van der Waals surface area contributed by atoms with Crippen molar-refractivity contribution < 1.29 is 9.66 Å². The normalized spacial score (nSPS) is 10.2. The fourth-order valence-corrected chi connectivity index (χ4v) is 1.56. The van der Waals surface area contributed by atoms with Crippen LogP contribution in [-0.4, -0.2) is 14.9 Å². The first-order chi connectivity index (χ1) is 9.10. The summed E-state index contributed by atoms with van der Waals surface area (Å²) in [5, 5.41) is 10.9. The SMILES string of the molecule is Cc1ccc(Oc2ncc(CCl)cn2)c([N+](=O)[O-])c1. The lowest BCUT2D eigenvalue weighted by atomic mass is 10.2. The number of hydrogen-bond acceptors (Lipinski definition) is 5. The zero-order valence-electron chi connectivity index (χ0n) is 10.0. The molecule has 0 aliphatic heterocycles. The van der Waals surface area contributed by atoms with Crippen LogP contribution in [0.2, 0.25) is 0 Å². The van der Waals surface area contributed by atoms with Crippen LogP contribution in [0.4, 0.5) is 5.69 Å². The summed E-state index contributed by atoms with van der Waals surface area (Å²) in [5.74, 6) is 0.402. The van der Waals surface area contributed by atoms with E-state index in [1.165, 1.54) is 24.5 Å². The number of nitro benzene ring substituents is 1. The molecule has 0 saturated heterocycles. The number of nitrogens with zero attached hydrogens (tertiary/aromatic N) is 3. The van der Waals surface area contributed by atoms with Gasteiger partial charge in [-0.25, -0.2) is 9.97 Å². The minimum atomic E-state index is -0.504. The van der Waals surface area contributed by atoms with E-state index >= 15 is 0 Å². The van der Waals surface area contributed by atoms with Gasteiger partial charge in [-0.2, -0.15) is 0 Å². The Morgan fingerprint density at radius 2 is 2.05 bits per heavy atom. The lowest BCUT2D eigenvalue weighted by Gasteiger charge is -2.05.